The second kappa shape index (κ2) is 7.92. The molecule has 4 aromatic carbocycles. The summed E-state index contributed by atoms with van der Waals surface area (Å²) < 4.78 is 0. The molecule has 1 nitrogen and oxygen atoms in total. The van der Waals surface area contributed by atoms with Crippen LogP contribution in [0.25, 0.3) is 0 Å². The Labute approximate surface area is 167 Å². The number of rotatable bonds is 5. The fourth-order valence-corrected chi connectivity index (χ4v) is 8.37. The van der Waals surface area contributed by atoms with Crippen molar-refractivity contribution in [2.24, 2.45) is 0 Å². The highest BCUT2D eigenvalue weighted by molar-refractivity contribution is 8.01. The minimum absolute atomic E-state index is 0.0998. The van der Waals surface area contributed by atoms with E-state index in [4.69, 9.17) is 0 Å². The van der Waals surface area contributed by atoms with Gasteiger partial charge in [0.25, 0.3) is 0 Å². The fraction of sp³-hybridized carbons (Fsp3) is 0.0385. The summed E-state index contributed by atoms with van der Waals surface area (Å²) in [7, 11) is -2.22. The van der Waals surface area contributed by atoms with Crippen molar-refractivity contribution in [2.75, 3.05) is 0 Å². The first kappa shape index (κ1) is 18.3. The summed E-state index contributed by atoms with van der Waals surface area (Å²) in [5.41, 5.74) is 0.799. The highest BCUT2D eigenvalue weighted by atomic mass is 31.2. The van der Waals surface area contributed by atoms with Crippen LogP contribution in [-0.2, 0) is 0 Å². The summed E-state index contributed by atoms with van der Waals surface area (Å²) in [6, 6.07) is 40.0. The molecule has 0 radical (unpaired) electrons. The second-order valence-electron chi connectivity index (χ2n) is 6.75. The third-order valence-corrected chi connectivity index (χ3v) is 9.41. The molecule has 4 aromatic rings. The highest BCUT2D eigenvalue weighted by Gasteiger charge is 2.49. The van der Waals surface area contributed by atoms with E-state index >= 15 is 0 Å². The summed E-state index contributed by atoms with van der Waals surface area (Å²) in [6.45, 7) is 1.66. The number of carbonyl (C=O) groups excluding carboxylic acids is 1. The molecule has 0 bridgehead atoms. The van der Waals surface area contributed by atoms with Crippen LogP contribution in [0.4, 0.5) is 0 Å². The maximum Gasteiger partial charge on any atom is 0.163 e. The van der Waals surface area contributed by atoms with Crippen LogP contribution in [0.5, 0.6) is 0 Å². The smallest absolute Gasteiger partial charge is 0.163 e. The molecule has 0 aliphatic carbocycles. The summed E-state index contributed by atoms with van der Waals surface area (Å²) in [6.07, 6.45) is 0. The lowest BCUT2D eigenvalue weighted by Gasteiger charge is -2.28. The third-order valence-electron chi connectivity index (χ3n) is 5.08. The maximum absolute atomic E-state index is 12.6. The van der Waals surface area contributed by atoms with E-state index in [1.54, 1.807) is 6.92 Å². The molecule has 0 heterocycles. The molecule has 28 heavy (non-hydrogen) atoms. The number of hydrogen-bond donors (Lipinski definition) is 0. The Morgan fingerprint density at radius 1 is 0.536 bits per heavy atom. The lowest BCUT2D eigenvalue weighted by molar-refractivity contribution is 0.101. The van der Waals surface area contributed by atoms with Crippen molar-refractivity contribution in [3.8, 4) is 0 Å². The van der Waals surface area contributed by atoms with Crippen LogP contribution >= 0.6 is 7.26 Å². The Morgan fingerprint density at radius 3 is 1.29 bits per heavy atom. The lowest BCUT2D eigenvalue weighted by Crippen LogP contribution is -2.40. The zero-order valence-electron chi connectivity index (χ0n) is 15.8. The Balaban J connectivity index is 2.19. The molecular weight excluding hydrogens is 359 g/mol. The highest BCUT2D eigenvalue weighted by Crippen LogP contribution is 2.54. The van der Waals surface area contributed by atoms with E-state index in [1.165, 1.54) is 15.9 Å². The molecule has 136 valence electrons. The van der Waals surface area contributed by atoms with Crippen LogP contribution in [0, 0.1) is 0 Å². The van der Waals surface area contributed by atoms with Crippen molar-refractivity contribution in [3.63, 3.8) is 0 Å². The molecule has 0 aliphatic rings. The van der Waals surface area contributed by atoms with Gasteiger partial charge in [-0.15, -0.1) is 0 Å². The van der Waals surface area contributed by atoms with Gasteiger partial charge in [-0.3, -0.25) is 4.79 Å². The van der Waals surface area contributed by atoms with Gasteiger partial charge in [0.2, 0.25) is 0 Å². The van der Waals surface area contributed by atoms with Crippen molar-refractivity contribution in [1.29, 1.82) is 0 Å². The first-order chi connectivity index (χ1) is 13.7. The molecule has 0 N–H and O–H groups in total. The van der Waals surface area contributed by atoms with E-state index in [9.17, 15) is 4.79 Å². The van der Waals surface area contributed by atoms with Crippen LogP contribution in [-0.4, -0.2) is 5.78 Å². The third kappa shape index (κ3) is 3.09. The van der Waals surface area contributed by atoms with Crippen LogP contribution in [0.15, 0.2) is 115 Å². The molecule has 0 saturated heterocycles. The topological polar surface area (TPSA) is 17.1 Å². The Kier molecular flexibility index (Phi) is 5.19. The minimum Gasteiger partial charge on any atom is -0.294 e. The molecule has 0 atom stereocenters. The van der Waals surface area contributed by atoms with E-state index in [-0.39, 0.29) is 5.78 Å². The standard InChI is InChI=1S/C26H22OP/c1-21(27)25-19-11-12-20-26(25)28(22-13-5-2-6-14-22,23-15-7-3-8-16-23)24-17-9-4-10-18-24/h2-20H,1H3/q+1. The first-order valence-corrected chi connectivity index (χ1v) is 11.2. The molecule has 4 rings (SSSR count). The summed E-state index contributed by atoms with van der Waals surface area (Å²) in [5, 5.41) is 4.87. The van der Waals surface area contributed by atoms with Crippen LogP contribution < -0.4 is 21.2 Å². The van der Waals surface area contributed by atoms with Gasteiger partial charge < -0.3 is 0 Å². The minimum atomic E-state index is -2.22. The van der Waals surface area contributed by atoms with Crippen molar-refractivity contribution in [2.45, 2.75) is 6.92 Å². The van der Waals surface area contributed by atoms with Gasteiger partial charge in [-0.1, -0.05) is 66.7 Å². The van der Waals surface area contributed by atoms with E-state index in [0.717, 1.165) is 10.9 Å². The SMILES string of the molecule is CC(=O)c1ccccc1[P+](c1ccccc1)(c1ccccc1)c1ccccc1. The normalized spacial score (nSPS) is 11.2. The van der Waals surface area contributed by atoms with Gasteiger partial charge in [0.1, 0.15) is 28.5 Å². The molecule has 0 amide bonds. The molecule has 0 aliphatic heterocycles. The second-order valence-corrected chi connectivity index (χ2v) is 10.1. The largest absolute Gasteiger partial charge is 0.294 e. The van der Waals surface area contributed by atoms with Gasteiger partial charge in [0, 0.05) is 0 Å². The van der Waals surface area contributed by atoms with Crippen molar-refractivity contribution >= 4 is 34.3 Å². The monoisotopic (exact) mass is 381 g/mol. The van der Waals surface area contributed by atoms with Crippen LogP contribution in [0.3, 0.4) is 0 Å². The van der Waals surface area contributed by atoms with E-state index in [0.29, 0.717) is 0 Å². The average molecular weight is 381 g/mol. The molecule has 0 unspecified atom stereocenters. The van der Waals surface area contributed by atoms with Crippen LogP contribution in [0.2, 0.25) is 0 Å². The first-order valence-electron chi connectivity index (χ1n) is 9.41. The molecule has 0 aromatic heterocycles. The predicted molar refractivity (Wildman–Crippen MR) is 121 cm³/mol. The van der Waals surface area contributed by atoms with Crippen molar-refractivity contribution in [3.05, 3.63) is 121 Å². The number of ketones is 1. The van der Waals surface area contributed by atoms with Gasteiger partial charge in [0.05, 0.1) is 5.56 Å². The summed E-state index contributed by atoms with van der Waals surface area (Å²) in [5.74, 6) is 0.0998. The van der Waals surface area contributed by atoms with Gasteiger partial charge in [-0.25, -0.2) is 0 Å². The van der Waals surface area contributed by atoms with Gasteiger partial charge in [-0.05, 0) is 55.5 Å². The van der Waals surface area contributed by atoms with Crippen molar-refractivity contribution in [1.82, 2.24) is 0 Å². The van der Waals surface area contributed by atoms with E-state index in [1.807, 2.05) is 36.4 Å². The van der Waals surface area contributed by atoms with Gasteiger partial charge in [-0.2, -0.15) is 0 Å². The molecular formula is C26H22OP+. The van der Waals surface area contributed by atoms with Gasteiger partial charge in [0.15, 0.2) is 5.78 Å². The zero-order chi connectivity index (χ0) is 19.4. The number of Topliss-reactive ketones (excluding diaryl/α,β-unsaturated/α-hetero) is 1. The molecule has 0 fully saturated rings. The quantitative estimate of drug-likeness (QED) is 0.367. The van der Waals surface area contributed by atoms with E-state index < -0.39 is 7.26 Å². The molecule has 0 saturated carbocycles. The molecule has 2 heteroatoms. The average Bonchev–Trinajstić information content (AvgIpc) is 2.77. The molecule has 0 spiro atoms. The number of benzene rings is 4. The van der Waals surface area contributed by atoms with Gasteiger partial charge >= 0.3 is 0 Å². The zero-order valence-corrected chi connectivity index (χ0v) is 16.7. The maximum atomic E-state index is 12.6. The summed E-state index contributed by atoms with van der Waals surface area (Å²) >= 11 is 0. The number of hydrogen-bond acceptors (Lipinski definition) is 1. The summed E-state index contributed by atoms with van der Waals surface area (Å²) in [4.78, 5) is 12.6. The van der Waals surface area contributed by atoms with E-state index in [2.05, 4.69) is 78.9 Å². The van der Waals surface area contributed by atoms with Crippen LogP contribution in [0.1, 0.15) is 17.3 Å². The van der Waals surface area contributed by atoms with Crippen molar-refractivity contribution < 1.29 is 4.79 Å². The Hall–Kier alpha value is -3.02. The fourth-order valence-electron chi connectivity index (χ4n) is 3.88. The predicted octanol–water partition coefficient (Wildman–Crippen LogP) is 4.51. The Bertz CT molecular complexity index is 976. The Morgan fingerprint density at radius 2 is 0.893 bits per heavy atom. The number of carbonyl (C=O) groups is 1. The lowest BCUT2D eigenvalue weighted by atomic mass is 10.1.